The van der Waals surface area contributed by atoms with Crippen LogP contribution in [0.3, 0.4) is 0 Å². The highest BCUT2D eigenvalue weighted by Crippen LogP contribution is 2.13. The Morgan fingerprint density at radius 3 is 2.32 bits per heavy atom. The second kappa shape index (κ2) is 7.51. The molecule has 0 radical (unpaired) electrons. The van der Waals surface area contributed by atoms with Gasteiger partial charge in [0.1, 0.15) is 5.75 Å². The van der Waals surface area contributed by atoms with E-state index in [-0.39, 0.29) is 11.6 Å². The molecule has 1 aromatic rings. The van der Waals surface area contributed by atoms with Crippen LogP contribution < -0.4 is 15.8 Å². The van der Waals surface area contributed by atoms with Crippen molar-refractivity contribution in [2.45, 2.75) is 52.2 Å². The standard InChI is InChI=1S/C16H28N2O/c1-13(2)19-15-7-5-14(6-8-15)9-11-18-12-10-16(3,4)17/h5-8,13,18H,9-12,17H2,1-4H3. The topological polar surface area (TPSA) is 47.3 Å². The summed E-state index contributed by atoms with van der Waals surface area (Å²) < 4.78 is 5.62. The van der Waals surface area contributed by atoms with Crippen molar-refractivity contribution < 1.29 is 4.74 Å². The fourth-order valence-electron chi connectivity index (χ4n) is 1.78. The van der Waals surface area contributed by atoms with Crippen LogP contribution in [0.5, 0.6) is 5.75 Å². The summed E-state index contributed by atoms with van der Waals surface area (Å²) in [4.78, 5) is 0. The fraction of sp³-hybridized carbons (Fsp3) is 0.625. The molecule has 0 heterocycles. The van der Waals surface area contributed by atoms with Crippen LogP contribution in [0, 0.1) is 0 Å². The second-order valence-corrected chi connectivity index (χ2v) is 6.05. The van der Waals surface area contributed by atoms with Gasteiger partial charge >= 0.3 is 0 Å². The Kier molecular flexibility index (Phi) is 6.32. The molecule has 0 saturated heterocycles. The van der Waals surface area contributed by atoms with Gasteiger partial charge in [0.25, 0.3) is 0 Å². The van der Waals surface area contributed by atoms with Gasteiger partial charge in [0.05, 0.1) is 6.10 Å². The van der Waals surface area contributed by atoms with Gasteiger partial charge in [-0.1, -0.05) is 12.1 Å². The van der Waals surface area contributed by atoms with Crippen molar-refractivity contribution in [2.75, 3.05) is 13.1 Å². The summed E-state index contributed by atoms with van der Waals surface area (Å²) in [7, 11) is 0. The zero-order chi connectivity index (χ0) is 14.3. The highest BCUT2D eigenvalue weighted by molar-refractivity contribution is 5.27. The number of rotatable bonds is 8. The maximum Gasteiger partial charge on any atom is 0.119 e. The Balaban J connectivity index is 2.23. The molecule has 0 bridgehead atoms. The number of hydrogen-bond donors (Lipinski definition) is 2. The van der Waals surface area contributed by atoms with Gasteiger partial charge in [0.15, 0.2) is 0 Å². The van der Waals surface area contributed by atoms with Gasteiger partial charge in [-0.05, 0) is 71.3 Å². The number of nitrogens with two attached hydrogens (primary N) is 1. The third-order valence-electron chi connectivity index (χ3n) is 2.83. The Morgan fingerprint density at radius 1 is 1.16 bits per heavy atom. The van der Waals surface area contributed by atoms with Crippen LogP contribution in [0.15, 0.2) is 24.3 Å². The molecule has 0 amide bonds. The zero-order valence-electron chi connectivity index (χ0n) is 12.7. The van der Waals surface area contributed by atoms with Gasteiger partial charge < -0.3 is 15.8 Å². The van der Waals surface area contributed by atoms with E-state index >= 15 is 0 Å². The van der Waals surface area contributed by atoms with Crippen LogP contribution in [-0.2, 0) is 6.42 Å². The third-order valence-corrected chi connectivity index (χ3v) is 2.83. The van der Waals surface area contributed by atoms with E-state index in [0.29, 0.717) is 0 Å². The van der Waals surface area contributed by atoms with E-state index < -0.39 is 0 Å². The van der Waals surface area contributed by atoms with Crippen molar-refractivity contribution in [1.29, 1.82) is 0 Å². The summed E-state index contributed by atoms with van der Waals surface area (Å²) >= 11 is 0. The fourth-order valence-corrected chi connectivity index (χ4v) is 1.78. The molecule has 0 fully saturated rings. The van der Waals surface area contributed by atoms with Gasteiger partial charge in [-0.2, -0.15) is 0 Å². The molecule has 0 unspecified atom stereocenters. The minimum atomic E-state index is -0.0805. The van der Waals surface area contributed by atoms with Gasteiger partial charge in [0.2, 0.25) is 0 Å². The first kappa shape index (κ1) is 16.0. The van der Waals surface area contributed by atoms with Crippen molar-refractivity contribution in [3.8, 4) is 5.75 Å². The molecular formula is C16H28N2O. The Labute approximate surface area is 117 Å². The molecule has 0 spiro atoms. The lowest BCUT2D eigenvalue weighted by Gasteiger charge is -2.18. The zero-order valence-corrected chi connectivity index (χ0v) is 12.7. The van der Waals surface area contributed by atoms with Crippen LogP contribution >= 0.6 is 0 Å². The SMILES string of the molecule is CC(C)Oc1ccc(CCNCCC(C)(C)N)cc1. The van der Waals surface area contributed by atoms with Crippen LogP contribution in [0.2, 0.25) is 0 Å². The Hall–Kier alpha value is -1.06. The molecule has 0 aliphatic rings. The molecule has 3 heteroatoms. The molecule has 1 rings (SSSR count). The summed E-state index contributed by atoms with van der Waals surface area (Å²) in [5, 5.41) is 3.43. The van der Waals surface area contributed by atoms with E-state index in [1.165, 1.54) is 5.56 Å². The minimum Gasteiger partial charge on any atom is -0.491 e. The maximum absolute atomic E-state index is 5.93. The molecule has 0 aliphatic carbocycles. The molecular weight excluding hydrogens is 236 g/mol. The molecule has 0 saturated carbocycles. The Morgan fingerprint density at radius 2 is 1.79 bits per heavy atom. The average molecular weight is 264 g/mol. The lowest BCUT2D eigenvalue weighted by Crippen LogP contribution is -2.36. The molecule has 19 heavy (non-hydrogen) atoms. The molecule has 1 aromatic carbocycles. The van der Waals surface area contributed by atoms with E-state index in [0.717, 1.165) is 31.7 Å². The molecule has 3 N–H and O–H groups in total. The van der Waals surface area contributed by atoms with Crippen molar-refractivity contribution >= 4 is 0 Å². The first-order valence-electron chi connectivity index (χ1n) is 7.12. The molecule has 0 aromatic heterocycles. The van der Waals surface area contributed by atoms with Crippen LogP contribution in [0.25, 0.3) is 0 Å². The average Bonchev–Trinajstić information content (AvgIpc) is 2.28. The van der Waals surface area contributed by atoms with E-state index in [1.807, 2.05) is 26.0 Å². The maximum atomic E-state index is 5.93. The monoisotopic (exact) mass is 264 g/mol. The smallest absolute Gasteiger partial charge is 0.119 e. The van der Waals surface area contributed by atoms with Gasteiger partial charge in [-0.25, -0.2) is 0 Å². The van der Waals surface area contributed by atoms with Crippen LogP contribution in [0.1, 0.15) is 39.7 Å². The number of benzene rings is 1. The summed E-state index contributed by atoms with van der Waals surface area (Å²) in [5.74, 6) is 0.941. The van der Waals surface area contributed by atoms with E-state index in [2.05, 4.69) is 31.3 Å². The van der Waals surface area contributed by atoms with Crippen molar-refractivity contribution in [1.82, 2.24) is 5.32 Å². The van der Waals surface area contributed by atoms with Gasteiger partial charge in [-0.3, -0.25) is 0 Å². The van der Waals surface area contributed by atoms with Gasteiger partial charge in [0, 0.05) is 5.54 Å². The second-order valence-electron chi connectivity index (χ2n) is 6.05. The summed E-state index contributed by atoms with van der Waals surface area (Å²) in [6.45, 7) is 10.1. The molecule has 3 nitrogen and oxygen atoms in total. The highest BCUT2D eigenvalue weighted by Gasteiger charge is 2.08. The largest absolute Gasteiger partial charge is 0.491 e. The predicted octanol–water partition coefficient (Wildman–Crippen LogP) is 2.73. The van der Waals surface area contributed by atoms with Gasteiger partial charge in [-0.15, -0.1) is 0 Å². The summed E-state index contributed by atoms with van der Waals surface area (Å²) in [6.07, 6.45) is 2.26. The number of nitrogens with one attached hydrogen (secondary N) is 1. The molecule has 108 valence electrons. The quantitative estimate of drug-likeness (QED) is 0.710. The normalized spacial score (nSPS) is 11.9. The Bertz CT molecular complexity index is 352. The number of hydrogen-bond acceptors (Lipinski definition) is 3. The minimum absolute atomic E-state index is 0.0805. The van der Waals surface area contributed by atoms with Crippen LogP contribution in [0.4, 0.5) is 0 Å². The summed E-state index contributed by atoms with van der Waals surface area (Å²) in [6, 6.07) is 8.34. The van der Waals surface area contributed by atoms with Crippen molar-refractivity contribution in [2.24, 2.45) is 5.73 Å². The van der Waals surface area contributed by atoms with E-state index in [9.17, 15) is 0 Å². The lowest BCUT2D eigenvalue weighted by atomic mass is 10.0. The van der Waals surface area contributed by atoms with E-state index in [4.69, 9.17) is 10.5 Å². The molecule has 0 atom stereocenters. The first-order valence-corrected chi connectivity index (χ1v) is 7.12. The predicted molar refractivity (Wildman–Crippen MR) is 81.7 cm³/mol. The van der Waals surface area contributed by atoms with Crippen LogP contribution in [-0.4, -0.2) is 24.7 Å². The molecule has 0 aliphatic heterocycles. The lowest BCUT2D eigenvalue weighted by molar-refractivity contribution is 0.242. The summed E-state index contributed by atoms with van der Waals surface area (Å²) in [5.41, 5.74) is 7.18. The van der Waals surface area contributed by atoms with E-state index in [1.54, 1.807) is 0 Å². The third kappa shape index (κ3) is 7.85. The number of ether oxygens (including phenoxy) is 1. The highest BCUT2D eigenvalue weighted by atomic mass is 16.5. The van der Waals surface area contributed by atoms with Crippen molar-refractivity contribution in [3.05, 3.63) is 29.8 Å². The van der Waals surface area contributed by atoms with Crippen molar-refractivity contribution in [3.63, 3.8) is 0 Å². The first-order chi connectivity index (χ1) is 8.87.